The van der Waals surface area contributed by atoms with Gasteiger partial charge >= 0.3 is 5.97 Å². The molecule has 1 saturated carbocycles. The molecule has 29 heavy (non-hydrogen) atoms. The van der Waals surface area contributed by atoms with E-state index in [1.165, 1.54) is 18.4 Å². The number of carboxylic acid groups (broad SMARTS) is 1. The second-order valence-corrected chi connectivity index (χ2v) is 7.56. The van der Waals surface area contributed by atoms with Crippen molar-refractivity contribution in [3.63, 3.8) is 0 Å². The number of H-pyrrole nitrogens is 1. The van der Waals surface area contributed by atoms with Crippen LogP contribution in [0.15, 0.2) is 66.7 Å². The van der Waals surface area contributed by atoms with Crippen molar-refractivity contribution in [2.24, 2.45) is 0 Å². The van der Waals surface area contributed by atoms with Gasteiger partial charge in [-0.1, -0.05) is 48.5 Å². The topological polar surface area (TPSA) is 78.0 Å². The molecule has 1 fully saturated rings. The van der Waals surface area contributed by atoms with Crippen LogP contribution in [0.25, 0.3) is 22.0 Å². The summed E-state index contributed by atoms with van der Waals surface area (Å²) >= 11 is 0. The van der Waals surface area contributed by atoms with Crippen LogP contribution in [-0.4, -0.2) is 21.3 Å². The number of hydrogen-bond donors (Lipinski definition) is 3. The number of fused-ring (bicyclic) bond motifs is 1. The van der Waals surface area contributed by atoms with Crippen molar-refractivity contribution in [1.29, 1.82) is 0 Å². The van der Waals surface area contributed by atoms with Crippen LogP contribution in [0.5, 0.6) is 0 Å². The first kappa shape index (κ1) is 17.5. The fraction of sp³-hybridized carbons (Fsp3) is 0.167. The fourth-order valence-electron chi connectivity index (χ4n) is 3.79. The Morgan fingerprint density at radius 1 is 1.07 bits per heavy atom. The van der Waals surface area contributed by atoms with Gasteiger partial charge < -0.3 is 10.4 Å². The molecule has 144 valence electrons. The number of rotatable bonds is 6. The minimum atomic E-state index is -0.922. The number of carboxylic acids is 1. The van der Waals surface area contributed by atoms with Gasteiger partial charge in [-0.3, -0.25) is 5.10 Å². The van der Waals surface area contributed by atoms with Gasteiger partial charge in [0.25, 0.3) is 0 Å². The molecule has 0 saturated heterocycles. The van der Waals surface area contributed by atoms with E-state index in [-0.39, 0.29) is 5.56 Å². The molecule has 1 aromatic heterocycles. The van der Waals surface area contributed by atoms with Crippen LogP contribution in [0.2, 0.25) is 0 Å². The summed E-state index contributed by atoms with van der Waals surface area (Å²) in [5.41, 5.74) is 5.86. The lowest BCUT2D eigenvalue weighted by molar-refractivity contribution is 0.0696. The molecule has 0 radical (unpaired) electrons. The molecule has 0 amide bonds. The molecule has 5 rings (SSSR count). The number of hydrogen-bond acceptors (Lipinski definition) is 3. The van der Waals surface area contributed by atoms with Gasteiger partial charge in [-0.15, -0.1) is 0 Å². The Morgan fingerprint density at radius 2 is 1.86 bits per heavy atom. The van der Waals surface area contributed by atoms with E-state index >= 15 is 0 Å². The largest absolute Gasteiger partial charge is 0.478 e. The third-order valence-electron chi connectivity index (χ3n) is 5.49. The number of aromatic amines is 1. The smallest absolute Gasteiger partial charge is 0.335 e. The predicted molar refractivity (Wildman–Crippen MR) is 114 cm³/mol. The number of aromatic nitrogens is 2. The van der Waals surface area contributed by atoms with Crippen molar-refractivity contribution in [3.8, 4) is 11.1 Å². The zero-order valence-electron chi connectivity index (χ0n) is 15.9. The van der Waals surface area contributed by atoms with E-state index in [0.717, 1.165) is 39.3 Å². The van der Waals surface area contributed by atoms with E-state index in [0.29, 0.717) is 6.54 Å². The number of anilines is 1. The number of nitrogens with one attached hydrogen (secondary N) is 2. The molecule has 0 unspecified atom stereocenters. The average Bonchev–Trinajstić information content (AvgIpc) is 3.52. The van der Waals surface area contributed by atoms with Crippen LogP contribution in [0.4, 0.5) is 5.82 Å². The van der Waals surface area contributed by atoms with E-state index in [1.54, 1.807) is 18.2 Å². The highest BCUT2D eigenvalue weighted by atomic mass is 16.4. The summed E-state index contributed by atoms with van der Waals surface area (Å²) in [6, 6.07) is 22.0. The van der Waals surface area contributed by atoms with E-state index < -0.39 is 5.97 Å². The van der Waals surface area contributed by atoms with Crippen molar-refractivity contribution in [2.75, 3.05) is 5.32 Å². The van der Waals surface area contributed by atoms with Gasteiger partial charge in [0.15, 0.2) is 5.82 Å². The molecule has 1 aliphatic carbocycles. The van der Waals surface area contributed by atoms with Crippen molar-refractivity contribution >= 4 is 22.7 Å². The van der Waals surface area contributed by atoms with Gasteiger partial charge in [0.1, 0.15) is 0 Å². The molecular formula is C24H21N3O2. The summed E-state index contributed by atoms with van der Waals surface area (Å²) in [5.74, 6) is 0.587. The Bertz CT molecular complexity index is 1190. The number of aromatic carboxylic acids is 1. The molecule has 4 aromatic rings. The Balaban J connectivity index is 1.45. The summed E-state index contributed by atoms with van der Waals surface area (Å²) in [5, 5.41) is 21.1. The zero-order valence-corrected chi connectivity index (χ0v) is 15.9. The molecule has 0 spiro atoms. The Labute approximate surface area is 168 Å². The van der Waals surface area contributed by atoms with Crippen molar-refractivity contribution in [1.82, 2.24) is 10.2 Å². The van der Waals surface area contributed by atoms with Gasteiger partial charge in [0.05, 0.1) is 16.5 Å². The lowest BCUT2D eigenvalue weighted by Crippen LogP contribution is -2.03. The maximum absolute atomic E-state index is 11.2. The maximum Gasteiger partial charge on any atom is 0.335 e. The van der Waals surface area contributed by atoms with Crippen LogP contribution in [0.1, 0.15) is 40.2 Å². The molecule has 3 aromatic carbocycles. The Hall–Kier alpha value is -3.60. The van der Waals surface area contributed by atoms with Crippen molar-refractivity contribution < 1.29 is 9.90 Å². The standard InChI is InChI=1S/C24H21N3O2/c28-24(29)19-4-1-3-15(13-19)14-25-23-22-20(5-2-6-21(22)26-27-23)18-11-9-17(10-12-18)16-7-8-16/h1-6,9-13,16H,7-8,14H2,(H,28,29)(H2,25,26,27). The minimum absolute atomic E-state index is 0.285. The summed E-state index contributed by atoms with van der Waals surface area (Å²) in [6.45, 7) is 0.496. The van der Waals surface area contributed by atoms with Gasteiger partial charge in [-0.2, -0.15) is 5.10 Å². The first-order valence-electron chi connectivity index (χ1n) is 9.82. The summed E-state index contributed by atoms with van der Waals surface area (Å²) < 4.78 is 0. The SMILES string of the molecule is O=C(O)c1cccc(CNc2n[nH]c3cccc(-c4ccc(C5CC5)cc4)c23)c1. The molecule has 5 heteroatoms. The second-order valence-electron chi connectivity index (χ2n) is 7.56. The van der Waals surface area contributed by atoms with Crippen LogP contribution in [0.3, 0.4) is 0 Å². The van der Waals surface area contributed by atoms with Crippen LogP contribution >= 0.6 is 0 Å². The van der Waals surface area contributed by atoms with E-state index in [4.69, 9.17) is 0 Å². The molecule has 0 aliphatic heterocycles. The lowest BCUT2D eigenvalue weighted by Gasteiger charge is -2.09. The Morgan fingerprint density at radius 3 is 2.62 bits per heavy atom. The monoisotopic (exact) mass is 383 g/mol. The van der Waals surface area contributed by atoms with E-state index in [2.05, 4.69) is 45.8 Å². The van der Waals surface area contributed by atoms with Gasteiger partial charge in [0, 0.05) is 6.54 Å². The van der Waals surface area contributed by atoms with Crippen LogP contribution < -0.4 is 5.32 Å². The Kier molecular flexibility index (Phi) is 4.28. The summed E-state index contributed by atoms with van der Waals surface area (Å²) in [4.78, 5) is 11.2. The van der Waals surface area contributed by atoms with Gasteiger partial charge in [0.2, 0.25) is 0 Å². The highest BCUT2D eigenvalue weighted by Gasteiger charge is 2.23. The van der Waals surface area contributed by atoms with Gasteiger partial charge in [-0.05, 0) is 59.2 Å². The van der Waals surface area contributed by atoms with Crippen molar-refractivity contribution in [2.45, 2.75) is 25.3 Å². The predicted octanol–water partition coefficient (Wildman–Crippen LogP) is 5.42. The summed E-state index contributed by atoms with van der Waals surface area (Å²) in [6.07, 6.45) is 2.60. The third-order valence-corrected chi connectivity index (χ3v) is 5.49. The highest BCUT2D eigenvalue weighted by molar-refractivity contribution is 6.02. The third kappa shape index (κ3) is 3.47. The molecule has 1 heterocycles. The molecule has 1 aliphatic rings. The minimum Gasteiger partial charge on any atom is -0.478 e. The first-order chi connectivity index (χ1) is 14.2. The quantitative estimate of drug-likeness (QED) is 0.415. The molecule has 0 atom stereocenters. The number of benzene rings is 3. The molecule has 0 bridgehead atoms. The van der Waals surface area contributed by atoms with Crippen LogP contribution in [-0.2, 0) is 6.54 Å². The number of nitrogens with zero attached hydrogens (tertiary/aromatic N) is 1. The van der Waals surface area contributed by atoms with Gasteiger partial charge in [-0.25, -0.2) is 4.79 Å². The zero-order chi connectivity index (χ0) is 19.8. The second kappa shape index (κ2) is 7.09. The van der Waals surface area contributed by atoms with Crippen LogP contribution in [0, 0.1) is 0 Å². The van der Waals surface area contributed by atoms with E-state index in [9.17, 15) is 9.90 Å². The van der Waals surface area contributed by atoms with E-state index in [1.807, 2.05) is 18.2 Å². The first-order valence-corrected chi connectivity index (χ1v) is 9.82. The molecular weight excluding hydrogens is 362 g/mol. The highest BCUT2D eigenvalue weighted by Crippen LogP contribution is 2.41. The number of carbonyl (C=O) groups is 1. The fourth-order valence-corrected chi connectivity index (χ4v) is 3.79. The lowest BCUT2D eigenvalue weighted by atomic mass is 9.99. The maximum atomic E-state index is 11.2. The summed E-state index contributed by atoms with van der Waals surface area (Å²) in [7, 11) is 0. The molecule has 5 nitrogen and oxygen atoms in total. The van der Waals surface area contributed by atoms with Crippen molar-refractivity contribution in [3.05, 3.63) is 83.4 Å². The normalized spacial score (nSPS) is 13.5. The average molecular weight is 383 g/mol. The molecule has 3 N–H and O–H groups in total.